The Balaban J connectivity index is 2.63. The fourth-order valence-electron chi connectivity index (χ4n) is 1.47. The molecule has 1 atom stereocenters. The normalized spacial score (nSPS) is 12.2. The van der Waals surface area contributed by atoms with Crippen LogP contribution in [0.3, 0.4) is 0 Å². The number of nitrogens with zero attached hydrogens (tertiary/aromatic N) is 2. The SMILES string of the molecule is CCNc1nc(C)cc(NC(C)CSCC)n1. The molecule has 0 amide bonds. The summed E-state index contributed by atoms with van der Waals surface area (Å²) in [7, 11) is 0. The van der Waals surface area contributed by atoms with Crippen molar-refractivity contribution in [1.29, 1.82) is 0 Å². The molecule has 1 aromatic rings. The van der Waals surface area contributed by atoms with Crippen LogP contribution < -0.4 is 10.6 Å². The van der Waals surface area contributed by atoms with Gasteiger partial charge >= 0.3 is 0 Å². The van der Waals surface area contributed by atoms with Crippen LogP contribution in [0.25, 0.3) is 0 Å². The van der Waals surface area contributed by atoms with Gasteiger partial charge in [-0.3, -0.25) is 0 Å². The number of aryl methyl sites for hydroxylation is 1. The molecule has 0 radical (unpaired) electrons. The molecule has 2 N–H and O–H groups in total. The lowest BCUT2D eigenvalue weighted by molar-refractivity contribution is 0.895. The zero-order chi connectivity index (χ0) is 12.7. The largest absolute Gasteiger partial charge is 0.367 e. The van der Waals surface area contributed by atoms with Crippen LogP contribution in [0.2, 0.25) is 0 Å². The third kappa shape index (κ3) is 5.26. The van der Waals surface area contributed by atoms with Crippen molar-refractivity contribution in [3.8, 4) is 0 Å². The number of hydrogen-bond donors (Lipinski definition) is 2. The molecule has 1 rings (SSSR count). The number of anilines is 2. The number of aromatic nitrogens is 2. The lowest BCUT2D eigenvalue weighted by atomic mass is 10.3. The Morgan fingerprint density at radius 1 is 1.35 bits per heavy atom. The first kappa shape index (κ1) is 14.1. The molecule has 0 bridgehead atoms. The molecule has 0 aliphatic rings. The summed E-state index contributed by atoms with van der Waals surface area (Å²) in [5, 5.41) is 6.54. The molecule has 0 saturated heterocycles. The van der Waals surface area contributed by atoms with Crippen LogP contribution in [-0.2, 0) is 0 Å². The zero-order valence-electron chi connectivity index (χ0n) is 11.1. The average molecular weight is 254 g/mol. The smallest absolute Gasteiger partial charge is 0.224 e. The first-order valence-corrected chi connectivity index (χ1v) is 7.25. The second-order valence-electron chi connectivity index (χ2n) is 3.95. The van der Waals surface area contributed by atoms with Gasteiger partial charge in [-0.1, -0.05) is 6.92 Å². The van der Waals surface area contributed by atoms with E-state index in [9.17, 15) is 0 Å². The van der Waals surface area contributed by atoms with Crippen LogP contribution >= 0.6 is 11.8 Å². The van der Waals surface area contributed by atoms with Crippen LogP contribution in [0.4, 0.5) is 11.8 Å². The van der Waals surface area contributed by atoms with Crippen LogP contribution in [0.1, 0.15) is 26.5 Å². The van der Waals surface area contributed by atoms with Crippen LogP contribution in [0, 0.1) is 6.92 Å². The lowest BCUT2D eigenvalue weighted by Gasteiger charge is -2.14. The van der Waals surface area contributed by atoms with E-state index in [0.29, 0.717) is 12.0 Å². The van der Waals surface area contributed by atoms with Crippen molar-refractivity contribution in [2.24, 2.45) is 0 Å². The van der Waals surface area contributed by atoms with Gasteiger partial charge in [-0.2, -0.15) is 16.7 Å². The molecule has 1 unspecified atom stereocenters. The molecule has 0 saturated carbocycles. The highest BCUT2D eigenvalue weighted by Crippen LogP contribution is 2.12. The monoisotopic (exact) mass is 254 g/mol. The predicted molar refractivity (Wildman–Crippen MR) is 77.0 cm³/mol. The minimum atomic E-state index is 0.420. The van der Waals surface area contributed by atoms with Gasteiger partial charge in [0.05, 0.1) is 0 Å². The quantitative estimate of drug-likeness (QED) is 0.783. The molecular formula is C12H22N4S. The maximum Gasteiger partial charge on any atom is 0.224 e. The zero-order valence-corrected chi connectivity index (χ0v) is 11.9. The van der Waals surface area contributed by atoms with Gasteiger partial charge in [0.2, 0.25) is 5.95 Å². The minimum Gasteiger partial charge on any atom is -0.367 e. The van der Waals surface area contributed by atoms with Crippen molar-refractivity contribution in [3.63, 3.8) is 0 Å². The third-order valence-corrected chi connectivity index (χ3v) is 3.30. The van der Waals surface area contributed by atoms with Gasteiger partial charge < -0.3 is 10.6 Å². The van der Waals surface area contributed by atoms with Crippen molar-refractivity contribution >= 4 is 23.5 Å². The lowest BCUT2D eigenvalue weighted by Crippen LogP contribution is -2.19. The molecule has 96 valence electrons. The van der Waals surface area contributed by atoms with Crippen molar-refractivity contribution in [2.45, 2.75) is 33.7 Å². The molecule has 0 spiro atoms. The van der Waals surface area contributed by atoms with E-state index in [-0.39, 0.29) is 0 Å². The van der Waals surface area contributed by atoms with E-state index in [2.05, 4.69) is 34.4 Å². The van der Waals surface area contributed by atoms with Gasteiger partial charge in [-0.15, -0.1) is 0 Å². The second kappa shape index (κ2) is 7.37. The standard InChI is InChI=1S/C12H22N4S/c1-5-13-12-15-9(3)7-11(16-12)14-10(4)8-17-6-2/h7,10H,5-6,8H2,1-4H3,(H2,13,14,15,16). The Hall–Kier alpha value is -0.970. The van der Waals surface area contributed by atoms with Gasteiger partial charge in [0, 0.05) is 30.1 Å². The van der Waals surface area contributed by atoms with E-state index in [4.69, 9.17) is 0 Å². The summed E-state index contributed by atoms with van der Waals surface area (Å²) in [6.07, 6.45) is 0. The summed E-state index contributed by atoms with van der Waals surface area (Å²) < 4.78 is 0. The second-order valence-corrected chi connectivity index (χ2v) is 5.27. The van der Waals surface area contributed by atoms with Crippen molar-refractivity contribution < 1.29 is 0 Å². The van der Waals surface area contributed by atoms with Gasteiger partial charge in [-0.05, 0) is 26.5 Å². The number of thioether (sulfide) groups is 1. The van der Waals surface area contributed by atoms with Crippen LogP contribution in [-0.4, -0.2) is 34.1 Å². The van der Waals surface area contributed by atoms with Crippen LogP contribution in [0.15, 0.2) is 6.07 Å². The van der Waals surface area contributed by atoms with Gasteiger partial charge in [0.1, 0.15) is 5.82 Å². The Kier molecular flexibility index (Phi) is 6.11. The first-order chi connectivity index (χ1) is 8.15. The highest BCUT2D eigenvalue weighted by Gasteiger charge is 2.05. The Morgan fingerprint density at radius 2 is 2.12 bits per heavy atom. The molecule has 0 aromatic carbocycles. The third-order valence-electron chi connectivity index (χ3n) is 2.16. The van der Waals surface area contributed by atoms with E-state index in [1.54, 1.807) is 0 Å². The molecule has 17 heavy (non-hydrogen) atoms. The van der Waals surface area contributed by atoms with Crippen molar-refractivity contribution in [1.82, 2.24) is 9.97 Å². The number of hydrogen-bond acceptors (Lipinski definition) is 5. The Morgan fingerprint density at radius 3 is 2.76 bits per heavy atom. The predicted octanol–water partition coefficient (Wildman–Crippen LogP) is 2.77. The molecule has 0 aliphatic carbocycles. The highest BCUT2D eigenvalue weighted by molar-refractivity contribution is 7.99. The Bertz CT molecular complexity index is 343. The first-order valence-electron chi connectivity index (χ1n) is 6.09. The van der Waals surface area contributed by atoms with E-state index >= 15 is 0 Å². The van der Waals surface area contributed by atoms with Gasteiger partial charge in [-0.25, -0.2) is 4.98 Å². The van der Waals surface area contributed by atoms with E-state index in [1.807, 2.05) is 31.7 Å². The van der Waals surface area contributed by atoms with Gasteiger partial charge in [0.25, 0.3) is 0 Å². The van der Waals surface area contributed by atoms with Crippen molar-refractivity contribution in [3.05, 3.63) is 11.8 Å². The average Bonchev–Trinajstić information content (AvgIpc) is 2.26. The molecule has 0 fully saturated rings. The number of nitrogens with one attached hydrogen (secondary N) is 2. The summed E-state index contributed by atoms with van der Waals surface area (Å²) in [4.78, 5) is 8.75. The van der Waals surface area contributed by atoms with Crippen molar-refractivity contribution in [2.75, 3.05) is 28.7 Å². The molecule has 4 nitrogen and oxygen atoms in total. The highest BCUT2D eigenvalue weighted by atomic mass is 32.2. The fraction of sp³-hybridized carbons (Fsp3) is 0.667. The topological polar surface area (TPSA) is 49.8 Å². The van der Waals surface area contributed by atoms with E-state index in [1.165, 1.54) is 0 Å². The molecule has 5 heteroatoms. The van der Waals surface area contributed by atoms with Crippen LogP contribution in [0.5, 0.6) is 0 Å². The van der Waals surface area contributed by atoms with Gasteiger partial charge in [0.15, 0.2) is 0 Å². The maximum absolute atomic E-state index is 4.43. The maximum atomic E-state index is 4.43. The summed E-state index contributed by atoms with van der Waals surface area (Å²) >= 11 is 1.93. The summed E-state index contributed by atoms with van der Waals surface area (Å²) in [6.45, 7) is 9.21. The Labute approximate surface area is 108 Å². The molecule has 1 heterocycles. The van der Waals surface area contributed by atoms with E-state index < -0.39 is 0 Å². The molecule has 0 aliphatic heterocycles. The molecule has 1 aromatic heterocycles. The summed E-state index contributed by atoms with van der Waals surface area (Å²) in [5.41, 5.74) is 0.980. The fourth-order valence-corrected chi connectivity index (χ4v) is 2.14. The van der Waals surface area contributed by atoms with E-state index in [0.717, 1.165) is 29.6 Å². The molecular weight excluding hydrogens is 232 g/mol. The summed E-state index contributed by atoms with van der Waals surface area (Å²) in [5.74, 6) is 3.84. The minimum absolute atomic E-state index is 0.420. The summed E-state index contributed by atoms with van der Waals surface area (Å²) in [6, 6.07) is 2.40. The number of rotatable bonds is 7.